The second-order valence-corrected chi connectivity index (χ2v) is 4.71. The van der Waals surface area contributed by atoms with Crippen LogP contribution >= 0.6 is 12.6 Å². The molecule has 0 aliphatic carbocycles. The molecule has 1 aliphatic rings. The fraction of sp³-hybridized carbons (Fsp3) is 0.143. The molecule has 1 aliphatic heterocycles. The summed E-state index contributed by atoms with van der Waals surface area (Å²) in [5, 5.41) is 1.05. The van der Waals surface area contributed by atoms with Gasteiger partial charge in [-0.2, -0.15) is 0 Å². The number of nitrogens with zero attached hydrogens (tertiary/aromatic N) is 2. The molecule has 1 atom stereocenters. The predicted octanol–water partition coefficient (Wildman–Crippen LogP) is 3.89. The van der Waals surface area contributed by atoms with Crippen molar-refractivity contribution in [3.8, 4) is 0 Å². The first-order chi connectivity index (χ1) is 8.25. The molecule has 0 spiro atoms. The zero-order valence-electron chi connectivity index (χ0n) is 9.46. The molecule has 17 heavy (non-hydrogen) atoms. The van der Waals surface area contributed by atoms with Crippen molar-refractivity contribution in [2.75, 3.05) is 0 Å². The summed E-state index contributed by atoms with van der Waals surface area (Å²) in [6.45, 7) is 2.12. The van der Waals surface area contributed by atoms with Gasteiger partial charge in [0.2, 0.25) is 0 Å². The molecule has 1 unspecified atom stereocenters. The van der Waals surface area contributed by atoms with E-state index in [9.17, 15) is 0 Å². The van der Waals surface area contributed by atoms with Crippen LogP contribution in [0.4, 0.5) is 5.69 Å². The van der Waals surface area contributed by atoms with E-state index >= 15 is 0 Å². The Kier molecular flexibility index (Phi) is 2.48. The van der Waals surface area contributed by atoms with E-state index in [1.807, 2.05) is 12.3 Å². The van der Waals surface area contributed by atoms with E-state index in [0.717, 1.165) is 27.0 Å². The van der Waals surface area contributed by atoms with Crippen molar-refractivity contribution in [2.24, 2.45) is 10.9 Å². The van der Waals surface area contributed by atoms with Gasteiger partial charge in [-0.3, -0.25) is 9.98 Å². The van der Waals surface area contributed by atoms with Gasteiger partial charge >= 0.3 is 0 Å². The molecule has 2 aromatic rings. The predicted molar refractivity (Wildman–Crippen MR) is 75.3 cm³/mol. The molecule has 1 aromatic heterocycles. The van der Waals surface area contributed by atoms with Crippen LogP contribution in [-0.4, -0.2) is 11.2 Å². The normalized spacial score (nSPS) is 18.1. The quantitative estimate of drug-likeness (QED) is 0.694. The average Bonchev–Trinajstić information content (AvgIpc) is 2.52. The fourth-order valence-electron chi connectivity index (χ4n) is 1.97. The van der Waals surface area contributed by atoms with Gasteiger partial charge in [0.25, 0.3) is 0 Å². The highest BCUT2D eigenvalue weighted by atomic mass is 32.1. The zero-order chi connectivity index (χ0) is 11.8. The topological polar surface area (TPSA) is 25.2 Å². The summed E-state index contributed by atoms with van der Waals surface area (Å²) in [6.07, 6.45) is 7.98. The second kappa shape index (κ2) is 4.00. The maximum Gasteiger partial charge on any atom is 0.0975 e. The van der Waals surface area contributed by atoms with Crippen LogP contribution in [0.1, 0.15) is 12.5 Å². The van der Waals surface area contributed by atoms with E-state index in [1.165, 1.54) is 0 Å². The minimum atomic E-state index is 0.358. The van der Waals surface area contributed by atoms with Gasteiger partial charge < -0.3 is 0 Å². The van der Waals surface area contributed by atoms with E-state index in [2.05, 4.69) is 53.8 Å². The SMILES string of the molecule is CC1C=Cc2ccc3c(S)ccnc3c2N=C1. The molecule has 0 saturated heterocycles. The molecular formula is C14H12N2S. The van der Waals surface area contributed by atoms with Gasteiger partial charge in [0.05, 0.1) is 11.2 Å². The molecule has 0 radical (unpaired) electrons. The number of thiol groups is 1. The van der Waals surface area contributed by atoms with Crippen LogP contribution in [0.5, 0.6) is 0 Å². The van der Waals surface area contributed by atoms with Crippen LogP contribution in [0, 0.1) is 5.92 Å². The molecule has 1 aromatic carbocycles. The molecule has 84 valence electrons. The van der Waals surface area contributed by atoms with Crippen molar-refractivity contribution in [1.82, 2.24) is 4.98 Å². The highest BCUT2D eigenvalue weighted by molar-refractivity contribution is 7.80. The van der Waals surface area contributed by atoms with Gasteiger partial charge in [0, 0.05) is 34.2 Å². The zero-order valence-corrected chi connectivity index (χ0v) is 10.4. The number of allylic oxidation sites excluding steroid dienone is 1. The molecule has 0 bridgehead atoms. The smallest absolute Gasteiger partial charge is 0.0975 e. The van der Waals surface area contributed by atoms with E-state index in [-0.39, 0.29) is 0 Å². The highest BCUT2D eigenvalue weighted by Gasteiger charge is 2.10. The lowest BCUT2D eigenvalue weighted by atomic mass is 10.1. The summed E-state index contributed by atoms with van der Waals surface area (Å²) in [6, 6.07) is 6.03. The van der Waals surface area contributed by atoms with Gasteiger partial charge in [-0.1, -0.05) is 31.2 Å². The van der Waals surface area contributed by atoms with Crippen LogP contribution in [0.15, 0.2) is 40.4 Å². The number of hydrogen-bond acceptors (Lipinski definition) is 3. The highest BCUT2D eigenvalue weighted by Crippen LogP contribution is 2.33. The lowest BCUT2D eigenvalue weighted by molar-refractivity contribution is 1.04. The van der Waals surface area contributed by atoms with E-state index < -0.39 is 0 Å². The molecule has 0 saturated carbocycles. The molecule has 3 rings (SSSR count). The Balaban J connectivity index is 2.38. The summed E-state index contributed by atoms with van der Waals surface area (Å²) in [4.78, 5) is 9.92. The third kappa shape index (κ3) is 1.76. The van der Waals surface area contributed by atoms with Crippen LogP contribution in [0.3, 0.4) is 0 Å². The van der Waals surface area contributed by atoms with Crippen LogP contribution in [-0.2, 0) is 0 Å². The third-order valence-corrected chi connectivity index (χ3v) is 3.30. The Morgan fingerprint density at radius 3 is 3.00 bits per heavy atom. The number of rotatable bonds is 0. The number of pyridine rings is 1. The maximum absolute atomic E-state index is 4.55. The largest absolute Gasteiger partial charge is 0.258 e. The van der Waals surface area contributed by atoms with Gasteiger partial charge in [-0.25, -0.2) is 0 Å². The van der Waals surface area contributed by atoms with Crippen LogP contribution in [0.2, 0.25) is 0 Å². The van der Waals surface area contributed by atoms with Gasteiger partial charge in [0.15, 0.2) is 0 Å². The summed E-state index contributed by atoms with van der Waals surface area (Å²) in [7, 11) is 0. The van der Waals surface area contributed by atoms with Crippen molar-refractivity contribution < 1.29 is 0 Å². The first kappa shape index (κ1) is 10.5. The molecule has 0 amide bonds. The number of hydrogen-bond donors (Lipinski definition) is 1. The average molecular weight is 240 g/mol. The molecule has 0 N–H and O–H groups in total. The minimum absolute atomic E-state index is 0.358. The molecular weight excluding hydrogens is 228 g/mol. The third-order valence-electron chi connectivity index (χ3n) is 2.91. The number of aromatic nitrogens is 1. The standard InChI is InChI=1S/C14H12N2S/c1-9-2-3-10-4-5-11-12(17)6-7-15-14(11)13(10)16-8-9/h2-9H,1H3,(H,15,17). The Labute approximate surface area is 106 Å². The lowest BCUT2D eigenvalue weighted by Gasteiger charge is -2.06. The Hall–Kier alpha value is -1.61. The molecule has 2 heterocycles. The lowest BCUT2D eigenvalue weighted by Crippen LogP contribution is -1.87. The second-order valence-electron chi connectivity index (χ2n) is 4.23. The number of fused-ring (bicyclic) bond motifs is 3. The Morgan fingerprint density at radius 1 is 1.24 bits per heavy atom. The van der Waals surface area contributed by atoms with Crippen LogP contribution in [0.25, 0.3) is 17.0 Å². The Bertz CT molecular complexity index is 644. The molecule has 0 fully saturated rings. The summed E-state index contributed by atoms with van der Waals surface area (Å²) < 4.78 is 0. The van der Waals surface area contributed by atoms with Crippen LogP contribution < -0.4 is 0 Å². The first-order valence-corrected chi connectivity index (χ1v) is 6.03. The van der Waals surface area contributed by atoms with Crippen molar-refractivity contribution >= 4 is 41.5 Å². The monoisotopic (exact) mass is 240 g/mol. The summed E-state index contributed by atoms with van der Waals surface area (Å²) >= 11 is 4.45. The number of benzene rings is 1. The number of aliphatic imine (C=N–C) groups is 1. The van der Waals surface area contributed by atoms with Crippen molar-refractivity contribution in [3.63, 3.8) is 0 Å². The minimum Gasteiger partial charge on any atom is -0.258 e. The maximum atomic E-state index is 4.55. The van der Waals surface area contributed by atoms with E-state index in [1.54, 1.807) is 6.20 Å². The van der Waals surface area contributed by atoms with Crippen molar-refractivity contribution in [3.05, 3.63) is 36.0 Å². The Morgan fingerprint density at radius 2 is 2.12 bits per heavy atom. The van der Waals surface area contributed by atoms with Gasteiger partial charge in [-0.15, -0.1) is 12.6 Å². The fourth-order valence-corrected chi connectivity index (χ4v) is 2.22. The van der Waals surface area contributed by atoms with E-state index in [0.29, 0.717) is 5.92 Å². The summed E-state index contributed by atoms with van der Waals surface area (Å²) in [5.74, 6) is 0.358. The van der Waals surface area contributed by atoms with Crippen molar-refractivity contribution in [2.45, 2.75) is 11.8 Å². The molecule has 2 nitrogen and oxygen atoms in total. The first-order valence-electron chi connectivity index (χ1n) is 5.59. The molecule has 3 heteroatoms. The van der Waals surface area contributed by atoms with Gasteiger partial charge in [0.1, 0.15) is 0 Å². The summed E-state index contributed by atoms with van der Waals surface area (Å²) in [5.41, 5.74) is 2.98. The van der Waals surface area contributed by atoms with Gasteiger partial charge in [-0.05, 0) is 6.07 Å². The van der Waals surface area contributed by atoms with E-state index in [4.69, 9.17) is 0 Å². The van der Waals surface area contributed by atoms with Crippen molar-refractivity contribution in [1.29, 1.82) is 0 Å².